The lowest BCUT2D eigenvalue weighted by Gasteiger charge is -2.44. The van der Waals surface area contributed by atoms with Crippen molar-refractivity contribution in [1.29, 1.82) is 0 Å². The molecule has 0 saturated carbocycles. The van der Waals surface area contributed by atoms with Crippen molar-refractivity contribution in [3.63, 3.8) is 0 Å². The van der Waals surface area contributed by atoms with Gasteiger partial charge in [0.05, 0.1) is 20.3 Å². The number of rotatable bonds is 15. The van der Waals surface area contributed by atoms with Crippen molar-refractivity contribution < 1.29 is 63.9 Å². The van der Waals surface area contributed by atoms with Gasteiger partial charge in [-0.25, -0.2) is 0 Å². The van der Waals surface area contributed by atoms with Crippen molar-refractivity contribution >= 4 is 11.9 Å². The Hall–Kier alpha value is -1.46. The maximum Gasteiger partial charge on any atom is 0.305 e. The van der Waals surface area contributed by atoms with Crippen LogP contribution in [-0.2, 0) is 33.3 Å². The van der Waals surface area contributed by atoms with E-state index in [-0.39, 0.29) is 12.6 Å². The number of esters is 1. The number of carbonyl (C=O) groups is 2. The fraction of sp³-hybridized carbons (Fsp3) is 0.917. The molecule has 0 unspecified atom stereocenters. The SMILES string of the molecule is COC(=O)CCCCCCCCO[C@H]1O[C@H](CO[C@H]2O[C@H](CO)[C@H](O)[C@H](O)[C@H]2O)[C@@H](O)[C@H](O)[C@@H]1NC(C)=O. The zero-order chi connectivity index (χ0) is 28.2. The van der Waals surface area contributed by atoms with Gasteiger partial charge in [-0.2, -0.15) is 0 Å². The molecule has 2 heterocycles. The third-order valence-corrected chi connectivity index (χ3v) is 6.63. The van der Waals surface area contributed by atoms with Crippen LogP contribution in [0.25, 0.3) is 0 Å². The average molecular weight is 554 g/mol. The van der Waals surface area contributed by atoms with Gasteiger partial charge >= 0.3 is 5.97 Å². The predicted octanol–water partition coefficient (Wildman–Crippen LogP) is -2.33. The second-order valence-corrected chi connectivity index (χ2v) is 9.60. The van der Waals surface area contributed by atoms with Crippen molar-refractivity contribution in [2.75, 3.05) is 26.9 Å². The molecule has 0 radical (unpaired) electrons. The van der Waals surface area contributed by atoms with Crippen LogP contribution in [0.15, 0.2) is 0 Å². The minimum Gasteiger partial charge on any atom is -0.469 e. The molecule has 2 rings (SSSR count). The lowest BCUT2D eigenvalue weighted by Crippen LogP contribution is -2.65. The molecule has 1 amide bonds. The highest BCUT2D eigenvalue weighted by molar-refractivity contribution is 5.73. The van der Waals surface area contributed by atoms with Crippen LogP contribution in [0.1, 0.15) is 51.9 Å². The predicted molar refractivity (Wildman–Crippen MR) is 128 cm³/mol. The van der Waals surface area contributed by atoms with Gasteiger partial charge in [-0.05, 0) is 12.8 Å². The summed E-state index contributed by atoms with van der Waals surface area (Å²) >= 11 is 0. The van der Waals surface area contributed by atoms with Crippen LogP contribution in [0.5, 0.6) is 0 Å². The molecule has 222 valence electrons. The van der Waals surface area contributed by atoms with Crippen molar-refractivity contribution in [1.82, 2.24) is 5.32 Å². The van der Waals surface area contributed by atoms with E-state index < -0.39 is 80.5 Å². The molecular formula is C24H43NO13. The number of amides is 1. The van der Waals surface area contributed by atoms with Gasteiger partial charge in [0, 0.05) is 20.0 Å². The topological polar surface area (TPSA) is 214 Å². The molecule has 10 atom stereocenters. The largest absolute Gasteiger partial charge is 0.469 e. The first-order valence-corrected chi connectivity index (χ1v) is 13.0. The van der Waals surface area contributed by atoms with Crippen LogP contribution in [0.3, 0.4) is 0 Å². The number of carbonyl (C=O) groups excluding carboxylic acids is 2. The highest BCUT2D eigenvalue weighted by atomic mass is 16.7. The second-order valence-electron chi connectivity index (χ2n) is 9.60. The number of aliphatic hydroxyl groups is 6. The second kappa shape index (κ2) is 16.6. The van der Waals surface area contributed by atoms with Gasteiger partial charge in [0.15, 0.2) is 12.6 Å². The molecule has 38 heavy (non-hydrogen) atoms. The molecule has 0 aliphatic carbocycles. The third-order valence-electron chi connectivity index (χ3n) is 6.63. The molecule has 2 saturated heterocycles. The quantitative estimate of drug-likeness (QED) is 0.0838. The highest BCUT2D eigenvalue weighted by Crippen LogP contribution is 2.26. The summed E-state index contributed by atoms with van der Waals surface area (Å²) in [6, 6.07) is -1.05. The van der Waals surface area contributed by atoms with Crippen molar-refractivity contribution in [2.45, 2.75) is 113 Å². The summed E-state index contributed by atoms with van der Waals surface area (Å²) in [6.45, 7) is 0.476. The van der Waals surface area contributed by atoms with Crippen LogP contribution in [0, 0.1) is 0 Å². The number of hydrogen-bond acceptors (Lipinski definition) is 13. The van der Waals surface area contributed by atoms with Crippen LogP contribution in [0.4, 0.5) is 0 Å². The Kier molecular flexibility index (Phi) is 14.3. The zero-order valence-electron chi connectivity index (χ0n) is 21.9. The lowest BCUT2D eigenvalue weighted by molar-refractivity contribution is -0.321. The van der Waals surface area contributed by atoms with Crippen molar-refractivity contribution in [3.05, 3.63) is 0 Å². The molecule has 0 aromatic rings. The minimum absolute atomic E-state index is 0.219. The van der Waals surface area contributed by atoms with E-state index in [4.69, 9.17) is 18.9 Å². The molecule has 0 bridgehead atoms. The maximum atomic E-state index is 11.7. The lowest BCUT2D eigenvalue weighted by atomic mass is 9.96. The molecule has 0 aromatic heterocycles. The zero-order valence-corrected chi connectivity index (χ0v) is 21.9. The number of unbranched alkanes of at least 4 members (excludes halogenated alkanes) is 5. The van der Waals surface area contributed by atoms with Crippen LogP contribution < -0.4 is 5.32 Å². The van der Waals surface area contributed by atoms with E-state index in [1.165, 1.54) is 14.0 Å². The summed E-state index contributed by atoms with van der Waals surface area (Å²) in [6.07, 6.45) is -7.18. The average Bonchev–Trinajstić information content (AvgIpc) is 2.89. The Morgan fingerprint density at radius 1 is 0.763 bits per heavy atom. The monoisotopic (exact) mass is 553 g/mol. The molecule has 7 N–H and O–H groups in total. The standard InChI is InChI=1S/C24H43NO13/c1-13(27)25-17-20(31)19(30)15(12-36-24-22(33)21(32)18(29)14(11-26)37-24)38-23(17)35-10-8-6-4-3-5-7-9-16(28)34-2/h14-15,17-24,26,29-33H,3-12H2,1-2H3,(H,25,27)/t14-,15-,17+,18+,19-,20-,21+,22-,23+,24+/m1/s1. The smallest absolute Gasteiger partial charge is 0.305 e. The fourth-order valence-corrected chi connectivity index (χ4v) is 4.37. The maximum absolute atomic E-state index is 11.7. The number of hydrogen-bond donors (Lipinski definition) is 7. The number of aliphatic hydroxyl groups excluding tert-OH is 6. The van der Waals surface area contributed by atoms with Crippen molar-refractivity contribution in [2.24, 2.45) is 0 Å². The van der Waals surface area contributed by atoms with E-state index in [1.807, 2.05) is 0 Å². The van der Waals surface area contributed by atoms with E-state index in [0.29, 0.717) is 12.8 Å². The van der Waals surface area contributed by atoms with Crippen LogP contribution in [-0.4, -0.2) is 131 Å². The number of ether oxygens (including phenoxy) is 5. The molecule has 0 aromatic carbocycles. The first-order chi connectivity index (χ1) is 18.1. The Labute approximate surface area is 221 Å². The Bertz CT molecular complexity index is 711. The first-order valence-electron chi connectivity index (χ1n) is 13.0. The molecule has 14 nitrogen and oxygen atoms in total. The van der Waals surface area contributed by atoms with Crippen molar-refractivity contribution in [3.8, 4) is 0 Å². The minimum atomic E-state index is -1.64. The van der Waals surface area contributed by atoms with E-state index in [1.54, 1.807) is 0 Å². The van der Waals surface area contributed by atoms with E-state index >= 15 is 0 Å². The number of nitrogens with one attached hydrogen (secondary N) is 1. The number of methoxy groups -OCH3 is 1. The van der Waals surface area contributed by atoms with Gasteiger partial charge in [0.2, 0.25) is 5.91 Å². The first kappa shape index (κ1) is 32.8. The van der Waals surface area contributed by atoms with E-state index in [0.717, 1.165) is 32.1 Å². The molecule has 14 heteroatoms. The Morgan fingerprint density at radius 2 is 1.37 bits per heavy atom. The van der Waals surface area contributed by atoms with Gasteiger partial charge in [0.25, 0.3) is 0 Å². The van der Waals surface area contributed by atoms with Crippen LogP contribution >= 0.6 is 0 Å². The summed E-state index contributed by atoms with van der Waals surface area (Å²) < 4.78 is 26.9. The van der Waals surface area contributed by atoms with Gasteiger partial charge in [-0.15, -0.1) is 0 Å². The summed E-state index contributed by atoms with van der Waals surface area (Å²) in [5, 5.41) is 63.0. The fourth-order valence-electron chi connectivity index (χ4n) is 4.37. The van der Waals surface area contributed by atoms with Gasteiger partial charge in [-0.3, -0.25) is 9.59 Å². The Morgan fingerprint density at radius 3 is 2.00 bits per heavy atom. The molecule has 0 spiro atoms. The van der Waals surface area contributed by atoms with Gasteiger partial charge in [-0.1, -0.05) is 25.7 Å². The van der Waals surface area contributed by atoms with Crippen LogP contribution in [0.2, 0.25) is 0 Å². The summed E-state index contributed by atoms with van der Waals surface area (Å²) in [5.74, 6) is -0.676. The third kappa shape index (κ3) is 9.62. The van der Waals surface area contributed by atoms with E-state index in [2.05, 4.69) is 10.1 Å². The summed E-state index contributed by atoms with van der Waals surface area (Å²) in [7, 11) is 1.37. The molecule has 2 aliphatic rings. The normalized spacial score (nSPS) is 35.6. The summed E-state index contributed by atoms with van der Waals surface area (Å²) in [5.41, 5.74) is 0. The highest BCUT2D eigenvalue weighted by Gasteiger charge is 2.48. The van der Waals surface area contributed by atoms with Gasteiger partial charge in [0.1, 0.15) is 48.8 Å². The molecule has 2 fully saturated rings. The van der Waals surface area contributed by atoms with E-state index in [9.17, 15) is 40.2 Å². The Balaban J connectivity index is 1.85. The summed E-state index contributed by atoms with van der Waals surface area (Å²) in [4.78, 5) is 22.8. The molecular weight excluding hydrogens is 510 g/mol. The molecule has 2 aliphatic heterocycles. The van der Waals surface area contributed by atoms with Gasteiger partial charge < -0.3 is 59.6 Å².